The molecule has 0 saturated heterocycles. The van der Waals surface area contributed by atoms with Crippen molar-refractivity contribution in [2.75, 3.05) is 13.1 Å². The number of rotatable bonds is 4. The lowest BCUT2D eigenvalue weighted by atomic mass is 9.87. The minimum Gasteiger partial charge on any atom is -0.393 e. The van der Waals surface area contributed by atoms with Gasteiger partial charge in [-0.1, -0.05) is 0 Å². The summed E-state index contributed by atoms with van der Waals surface area (Å²) in [5.74, 6) is 1.83. The lowest BCUT2D eigenvalue weighted by Gasteiger charge is -2.25. The molecule has 2 fully saturated rings. The Morgan fingerprint density at radius 3 is 1.77 bits per heavy atom. The van der Waals surface area contributed by atoms with Crippen LogP contribution in [0.2, 0.25) is 0 Å². The molecule has 13 heavy (non-hydrogen) atoms. The normalized spacial score (nSPS) is 34.8. The second kappa shape index (κ2) is 4.43. The molecule has 0 radical (unpaired) electrons. The van der Waals surface area contributed by atoms with Gasteiger partial charge in [-0.15, -0.1) is 0 Å². The van der Waals surface area contributed by atoms with Crippen LogP contribution in [-0.2, 0) is 0 Å². The van der Waals surface area contributed by atoms with Crippen molar-refractivity contribution >= 4 is 0 Å². The lowest BCUT2D eigenvalue weighted by molar-refractivity contribution is 0.108. The molecule has 2 N–H and O–H groups in total. The van der Waals surface area contributed by atoms with Gasteiger partial charge in [0.2, 0.25) is 0 Å². The average Bonchev–Trinajstić information content (AvgIpc) is 2.92. The van der Waals surface area contributed by atoms with Crippen LogP contribution in [0.4, 0.5) is 0 Å². The average molecular weight is 183 g/mol. The SMILES string of the molecule is OC1CCC(CNCC2CC2)CC1. The van der Waals surface area contributed by atoms with Gasteiger partial charge in [-0.25, -0.2) is 0 Å². The smallest absolute Gasteiger partial charge is 0.0540 e. The minimum absolute atomic E-state index is 0.000294. The van der Waals surface area contributed by atoms with E-state index in [1.165, 1.54) is 38.8 Å². The summed E-state index contributed by atoms with van der Waals surface area (Å²) in [4.78, 5) is 0. The highest BCUT2D eigenvalue weighted by atomic mass is 16.3. The molecule has 0 aromatic rings. The zero-order valence-electron chi connectivity index (χ0n) is 8.34. The molecule has 0 aromatic carbocycles. The van der Waals surface area contributed by atoms with Crippen molar-refractivity contribution in [1.82, 2.24) is 5.32 Å². The van der Waals surface area contributed by atoms with Gasteiger partial charge in [-0.2, -0.15) is 0 Å². The van der Waals surface area contributed by atoms with Crippen LogP contribution >= 0.6 is 0 Å². The summed E-state index contributed by atoms with van der Waals surface area (Å²) >= 11 is 0. The van der Waals surface area contributed by atoms with Crippen molar-refractivity contribution in [2.45, 2.75) is 44.6 Å². The van der Waals surface area contributed by atoms with Crippen molar-refractivity contribution in [3.05, 3.63) is 0 Å². The summed E-state index contributed by atoms with van der Waals surface area (Å²) < 4.78 is 0. The molecule has 0 amide bonds. The van der Waals surface area contributed by atoms with Crippen LogP contribution in [0.25, 0.3) is 0 Å². The quantitative estimate of drug-likeness (QED) is 0.693. The second-order valence-electron chi connectivity index (χ2n) is 4.78. The fourth-order valence-corrected chi connectivity index (χ4v) is 2.16. The van der Waals surface area contributed by atoms with Gasteiger partial charge < -0.3 is 10.4 Å². The van der Waals surface area contributed by atoms with Crippen molar-refractivity contribution in [2.24, 2.45) is 11.8 Å². The fourth-order valence-electron chi connectivity index (χ4n) is 2.16. The van der Waals surface area contributed by atoms with E-state index in [-0.39, 0.29) is 6.10 Å². The molecule has 2 aliphatic carbocycles. The summed E-state index contributed by atoms with van der Waals surface area (Å²) in [6.45, 7) is 2.42. The van der Waals surface area contributed by atoms with Crippen molar-refractivity contribution in [3.8, 4) is 0 Å². The molecular weight excluding hydrogens is 162 g/mol. The van der Waals surface area contributed by atoms with Gasteiger partial charge in [0.05, 0.1) is 6.10 Å². The van der Waals surface area contributed by atoms with Crippen molar-refractivity contribution in [3.63, 3.8) is 0 Å². The molecule has 0 heterocycles. The fraction of sp³-hybridized carbons (Fsp3) is 1.00. The lowest BCUT2D eigenvalue weighted by Crippen LogP contribution is -2.29. The second-order valence-corrected chi connectivity index (χ2v) is 4.78. The van der Waals surface area contributed by atoms with Crippen molar-refractivity contribution in [1.29, 1.82) is 0 Å². The zero-order chi connectivity index (χ0) is 9.10. The molecular formula is C11H21NO. The summed E-state index contributed by atoms with van der Waals surface area (Å²) in [5, 5.41) is 12.9. The zero-order valence-corrected chi connectivity index (χ0v) is 8.34. The molecule has 2 nitrogen and oxygen atoms in total. The Bertz CT molecular complexity index is 148. The van der Waals surface area contributed by atoms with E-state index < -0.39 is 0 Å². The van der Waals surface area contributed by atoms with E-state index in [0.29, 0.717) is 0 Å². The predicted molar refractivity (Wildman–Crippen MR) is 53.6 cm³/mol. The Kier molecular flexibility index (Phi) is 3.23. The Morgan fingerprint density at radius 2 is 1.31 bits per heavy atom. The largest absolute Gasteiger partial charge is 0.393 e. The third-order valence-electron chi connectivity index (χ3n) is 3.38. The Balaban J connectivity index is 1.53. The van der Waals surface area contributed by atoms with Crippen LogP contribution in [0, 0.1) is 11.8 Å². The summed E-state index contributed by atoms with van der Waals surface area (Å²) in [6, 6.07) is 0. The third kappa shape index (κ3) is 3.28. The van der Waals surface area contributed by atoms with Gasteiger partial charge in [0.25, 0.3) is 0 Å². The Morgan fingerprint density at radius 1 is 0.846 bits per heavy atom. The molecule has 0 bridgehead atoms. The number of hydrogen-bond donors (Lipinski definition) is 2. The van der Waals surface area contributed by atoms with E-state index >= 15 is 0 Å². The van der Waals surface area contributed by atoms with Crippen LogP contribution in [0.1, 0.15) is 38.5 Å². The molecule has 2 rings (SSSR count). The van der Waals surface area contributed by atoms with E-state index in [1.807, 2.05) is 0 Å². The van der Waals surface area contributed by atoms with Gasteiger partial charge in [0.15, 0.2) is 0 Å². The highest BCUT2D eigenvalue weighted by molar-refractivity contribution is 4.77. The molecule has 0 unspecified atom stereocenters. The summed E-state index contributed by atoms with van der Waals surface area (Å²) in [5.41, 5.74) is 0. The maximum Gasteiger partial charge on any atom is 0.0540 e. The van der Waals surface area contributed by atoms with Crippen molar-refractivity contribution < 1.29 is 5.11 Å². The molecule has 0 aromatic heterocycles. The van der Waals surface area contributed by atoms with E-state index in [2.05, 4.69) is 5.32 Å². The minimum atomic E-state index is -0.000294. The van der Waals surface area contributed by atoms with Crippen LogP contribution in [0.5, 0.6) is 0 Å². The Labute approximate surface area is 80.7 Å². The van der Waals surface area contributed by atoms with Gasteiger partial charge in [-0.05, 0) is 63.5 Å². The van der Waals surface area contributed by atoms with E-state index in [1.54, 1.807) is 0 Å². The standard InChI is InChI=1S/C11H21NO/c13-11-5-3-10(4-6-11)8-12-7-9-1-2-9/h9-13H,1-8H2. The maximum atomic E-state index is 9.33. The highest BCUT2D eigenvalue weighted by Crippen LogP contribution is 2.28. The molecule has 2 aliphatic rings. The number of aliphatic hydroxyl groups excluding tert-OH is 1. The third-order valence-corrected chi connectivity index (χ3v) is 3.38. The molecule has 2 heteroatoms. The van der Waals surface area contributed by atoms with Gasteiger partial charge in [0.1, 0.15) is 0 Å². The van der Waals surface area contributed by atoms with Crippen LogP contribution in [0.15, 0.2) is 0 Å². The monoisotopic (exact) mass is 183 g/mol. The first-order valence-electron chi connectivity index (χ1n) is 5.73. The van der Waals surface area contributed by atoms with Crippen LogP contribution in [0.3, 0.4) is 0 Å². The van der Waals surface area contributed by atoms with E-state index in [0.717, 1.165) is 24.7 Å². The first-order chi connectivity index (χ1) is 6.34. The molecule has 0 atom stereocenters. The van der Waals surface area contributed by atoms with Gasteiger partial charge >= 0.3 is 0 Å². The maximum absolute atomic E-state index is 9.33. The van der Waals surface area contributed by atoms with E-state index in [9.17, 15) is 5.11 Å². The summed E-state index contributed by atoms with van der Waals surface area (Å²) in [6.07, 6.45) is 7.37. The van der Waals surface area contributed by atoms with E-state index in [4.69, 9.17) is 0 Å². The first-order valence-corrected chi connectivity index (χ1v) is 5.73. The van der Waals surface area contributed by atoms with Gasteiger partial charge in [0, 0.05) is 0 Å². The van der Waals surface area contributed by atoms with Crippen LogP contribution in [-0.4, -0.2) is 24.3 Å². The number of nitrogens with one attached hydrogen (secondary N) is 1. The first kappa shape index (κ1) is 9.47. The molecule has 2 saturated carbocycles. The molecule has 0 aliphatic heterocycles. The molecule has 76 valence electrons. The molecule has 0 spiro atoms. The topological polar surface area (TPSA) is 32.3 Å². The number of hydrogen-bond acceptors (Lipinski definition) is 2. The highest BCUT2D eigenvalue weighted by Gasteiger charge is 2.22. The number of aliphatic hydroxyl groups is 1. The summed E-state index contributed by atoms with van der Waals surface area (Å²) in [7, 11) is 0. The Hall–Kier alpha value is -0.0800. The predicted octanol–water partition coefficient (Wildman–Crippen LogP) is 1.54. The van der Waals surface area contributed by atoms with Crippen LogP contribution < -0.4 is 5.32 Å². The van der Waals surface area contributed by atoms with Gasteiger partial charge in [-0.3, -0.25) is 0 Å².